The second-order valence-corrected chi connectivity index (χ2v) is 5.71. The summed E-state index contributed by atoms with van der Waals surface area (Å²) in [7, 11) is 1.59. The van der Waals surface area contributed by atoms with E-state index in [0.717, 1.165) is 23.1 Å². The fraction of sp³-hybridized carbons (Fsp3) is 0.286. The number of nitrogens with one attached hydrogen (secondary N) is 1. The van der Waals surface area contributed by atoms with Crippen LogP contribution in [0.1, 0.15) is 18.9 Å². The third-order valence-corrected chi connectivity index (χ3v) is 4.00. The topological polar surface area (TPSA) is 100 Å². The van der Waals surface area contributed by atoms with Crippen LogP contribution in [0.5, 0.6) is 5.75 Å². The maximum absolute atomic E-state index is 11.4. The predicted molar refractivity (Wildman–Crippen MR) is 84.4 cm³/mol. The molecule has 0 spiro atoms. The number of ether oxygens (including phenoxy) is 1. The van der Waals surface area contributed by atoms with Crippen LogP contribution in [0.4, 0.5) is 0 Å². The number of rotatable bonds is 4. The lowest BCUT2D eigenvalue weighted by Crippen LogP contribution is -2.40. The van der Waals surface area contributed by atoms with Crippen molar-refractivity contribution in [1.82, 2.24) is 5.32 Å². The molecule has 0 bridgehead atoms. The van der Waals surface area contributed by atoms with Crippen LogP contribution in [0, 0.1) is 0 Å². The molecular formula is C14H15N3O4S. The van der Waals surface area contributed by atoms with Crippen molar-refractivity contribution in [3.63, 3.8) is 0 Å². The Balaban J connectivity index is 2.13. The number of amides is 1. The van der Waals surface area contributed by atoms with Crippen molar-refractivity contribution in [2.24, 2.45) is 10.2 Å². The summed E-state index contributed by atoms with van der Waals surface area (Å²) in [4.78, 5) is 22.4. The molecule has 2 rings (SSSR count). The highest BCUT2D eigenvalue weighted by atomic mass is 32.2. The highest BCUT2D eigenvalue weighted by molar-refractivity contribution is 8.15. The van der Waals surface area contributed by atoms with Crippen molar-refractivity contribution >= 4 is 34.5 Å². The Labute approximate surface area is 131 Å². The minimum absolute atomic E-state index is 0.0692. The first-order valence-corrected chi connectivity index (χ1v) is 7.33. The largest absolute Gasteiger partial charge is 0.497 e. The standard InChI is InChI=1S/C14H15N3O4S/c1-8(9-3-5-10(21-2)6-4-9)16-17-14-15-12(18)7-11(22-14)13(19)20/h3-6,11H,7H2,1-2H3,(H,19,20)(H,15,17,18)/b16-8-/t11-/m0/s1. The van der Waals surface area contributed by atoms with Crippen molar-refractivity contribution in [2.75, 3.05) is 7.11 Å². The van der Waals surface area contributed by atoms with Gasteiger partial charge in [-0.15, -0.1) is 5.10 Å². The summed E-state index contributed by atoms with van der Waals surface area (Å²) in [6.45, 7) is 1.77. The van der Waals surface area contributed by atoms with Crippen LogP contribution in [-0.4, -0.2) is 40.2 Å². The van der Waals surface area contributed by atoms with E-state index >= 15 is 0 Å². The number of nitrogens with zero attached hydrogens (tertiary/aromatic N) is 2. The van der Waals surface area contributed by atoms with E-state index in [4.69, 9.17) is 9.84 Å². The Hall–Kier alpha value is -2.35. The van der Waals surface area contributed by atoms with Crippen LogP contribution in [0.25, 0.3) is 0 Å². The Kier molecular flexibility index (Phi) is 5.16. The number of carboxylic acid groups (broad SMARTS) is 1. The fourth-order valence-corrected chi connectivity index (χ4v) is 2.61. The number of aliphatic carboxylic acids is 1. The SMILES string of the molecule is COc1ccc(/C(C)=N\N=C2\NC(=O)C[C@@H](C(=O)O)S2)cc1. The molecule has 1 heterocycles. The zero-order chi connectivity index (χ0) is 16.1. The lowest BCUT2D eigenvalue weighted by atomic mass is 10.1. The van der Waals surface area contributed by atoms with Gasteiger partial charge in [0.25, 0.3) is 0 Å². The van der Waals surface area contributed by atoms with Gasteiger partial charge in [0, 0.05) is 6.42 Å². The minimum atomic E-state index is -1.04. The number of methoxy groups -OCH3 is 1. The molecule has 1 atom stereocenters. The van der Waals surface area contributed by atoms with E-state index in [1.165, 1.54) is 0 Å². The molecule has 1 aliphatic heterocycles. The van der Waals surface area contributed by atoms with Crippen LogP contribution in [0.15, 0.2) is 34.5 Å². The van der Waals surface area contributed by atoms with E-state index in [9.17, 15) is 9.59 Å². The van der Waals surface area contributed by atoms with Gasteiger partial charge in [0.05, 0.1) is 12.8 Å². The zero-order valence-corrected chi connectivity index (χ0v) is 12.9. The number of carbonyl (C=O) groups is 2. The van der Waals surface area contributed by atoms with Gasteiger partial charge >= 0.3 is 5.97 Å². The van der Waals surface area contributed by atoms with E-state index in [2.05, 4.69) is 15.5 Å². The van der Waals surface area contributed by atoms with Crippen LogP contribution in [0.3, 0.4) is 0 Å². The van der Waals surface area contributed by atoms with Crippen LogP contribution in [-0.2, 0) is 9.59 Å². The highest BCUT2D eigenvalue weighted by Gasteiger charge is 2.29. The van der Waals surface area contributed by atoms with Crippen LogP contribution in [0.2, 0.25) is 0 Å². The summed E-state index contributed by atoms with van der Waals surface area (Å²) in [6, 6.07) is 7.28. The third kappa shape index (κ3) is 4.08. The average molecular weight is 321 g/mol. The molecule has 2 N–H and O–H groups in total. The summed E-state index contributed by atoms with van der Waals surface area (Å²) in [5, 5.41) is 18.8. The van der Waals surface area contributed by atoms with Gasteiger partial charge in [-0.1, -0.05) is 11.8 Å². The lowest BCUT2D eigenvalue weighted by molar-refractivity contribution is -0.138. The fourth-order valence-electron chi connectivity index (χ4n) is 1.74. The quantitative estimate of drug-likeness (QED) is 0.646. The molecule has 0 aliphatic carbocycles. The van der Waals surface area contributed by atoms with Gasteiger partial charge < -0.3 is 15.2 Å². The molecule has 1 aromatic rings. The van der Waals surface area contributed by atoms with Gasteiger partial charge in [-0.3, -0.25) is 9.59 Å². The number of hydrogen-bond donors (Lipinski definition) is 2. The van der Waals surface area contributed by atoms with E-state index in [0.29, 0.717) is 5.71 Å². The Morgan fingerprint density at radius 3 is 2.68 bits per heavy atom. The van der Waals surface area contributed by atoms with E-state index < -0.39 is 11.2 Å². The van der Waals surface area contributed by atoms with Crippen LogP contribution >= 0.6 is 11.8 Å². The van der Waals surface area contributed by atoms with Gasteiger partial charge in [-0.05, 0) is 36.8 Å². The average Bonchev–Trinajstić information content (AvgIpc) is 2.52. The Morgan fingerprint density at radius 1 is 1.41 bits per heavy atom. The van der Waals surface area contributed by atoms with Gasteiger partial charge in [0.1, 0.15) is 11.0 Å². The number of carboxylic acids is 1. The summed E-state index contributed by atoms with van der Waals surface area (Å²) >= 11 is 0.978. The predicted octanol–water partition coefficient (Wildman–Crippen LogP) is 1.48. The maximum Gasteiger partial charge on any atom is 0.317 e. The molecular weight excluding hydrogens is 306 g/mol. The number of hydrogen-bond acceptors (Lipinski definition) is 6. The molecule has 1 amide bonds. The highest BCUT2D eigenvalue weighted by Crippen LogP contribution is 2.21. The minimum Gasteiger partial charge on any atom is -0.497 e. The molecule has 1 saturated heterocycles. The van der Waals surface area contributed by atoms with Crippen molar-refractivity contribution in [2.45, 2.75) is 18.6 Å². The molecule has 116 valence electrons. The van der Waals surface area contributed by atoms with Crippen molar-refractivity contribution in [3.05, 3.63) is 29.8 Å². The van der Waals surface area contributed by atoms with Crippen molar-refractivity contribution in [1.29, 1.82) is 0 Å². The molecule has 8 heteroatoms. The first-order chi connectivity index (χ1) is 10.5. The number of thioether (sulfide) groups is 1. The summed E-state index contributed by atoms with van der Waals surface area (Å²) in [5.41, 5.74) is 1.49. The van der Waals surface area contributed by atoms with Gasteiger partial charge in [-0.25, -0.2) is 0 Å². The first-order valence-electron chi connectivity index (χ1n) is 6.45. The molecule has 0 radical (unpaired) electrons. The number of amidine groups is 1. The monoisotopic (exact) mass is 321 g/mol. The number of benzene rings is 1. The first kappa shape index (κ1) is 16.0. The molecule has 0 saturated carbocycles. The molecule has 0 unspecified atom stereocenters. The second-order valence-electron chi connectivity index (χ2n) is 4.52. The molecule has 7 nitrogen and oxygen atoms in total. The Bertz CT molecular complexity index is 640. The summed E-state index contributed by atoms with van der Waals surface area (Å²) < 4.78 is 5.08. The molecule has 1 aromatic carbocycles. The zero-order valence-electron chi connectivity index (χ0n) is 12.1. The molecule has 22 heavy (non-hydrogen) atoms. The normalized spacial score (nSPS) is 20.6. The van der Waals surface area contributed by atoms with E-state index in [-0.39, 0.29) is 17.5 Å². The van der Waals surface area contributed by atoms with Crippen molar-refractivity contribution < 1.29 is 19.4 Å². The van der Waals surface area contributed by atoms with Crippen molar-refractivity contribution in [3.8, 4) is 5.75 Å². The maximum atomic E-state index is 11.4. The van der Waals surface area contributed by atoms with Gasteiger partial charge in [-0.2, -0.15) is 5.10 Å². The third-order valence-electron chi connectivity index (χ3n) is 2.95. The molecule has 1 fully saturated rings. The van der Waals surface area contributed by atoms with Gasteiger partial charge in [0.2, 0.25) is 5.91 Å². The molecule has 0 aromatic heterocycles. The number of carbonyl (C=O) groups excluding carboxylic acids is 1. The lowest BCUT2D eigenvalue weighted by Gasteiger charge is -2.18. The Morgan fingerprint density at radius 2 is 2.09 bits per heavy atom. The van der Waals surface area contributed by atoms with E-state index in [1.807, 2.05) is 12.1 Å². The smallest absolute Gasteiger partial charge is 0.317 e. The summed E-state index contributed by atoms with van der Waals surface area (Å²) in [5.74, 6) is -0.673. The molecule has 1 aliphatic rings. The second kappa shape index (κ2) is 7.08. The van der Waals surface area contributed by atoms with Gasteiger partial charge in [0.15, 0.2) is 5.17 Å². The van der Waals surface area contributed by atoms with Crippen LogP contribution < -0.4 is 10.1 Å². The summed E-state index contributed by atoms with van der Waals surface area (Å²) in [6.07, 6.45) is -0.0692. The van der Waals surface area contributed by atoms with E-state index in [1.54, 1.807) is 26.2 Å².